The largest absolute Gasteiger partial charge is 0.384 e. The molecular weight excluding hydrogens is 426 g/mol. The molecule has 0 saturated carbocycles. The zero-order chi connectivity index (χ0) is 22.5. The Kier molecular flexibility index (Phi) is 4.98. The van der Waals surface area contributed by atoms with E-state index in [9.17, 15) is 8.42 Å². The number of pyridine rings is 1. The molecule has 2 aliphatic rings. The number of benzene rings is 1. The summed E-state index contributed by atoms with van der Waals surface area (Å²) in [6.07, 6.45) is 5.57. The third kappa shape index (κ3) is 3.87. The second-order valence-electron chi connectivity index (χ2n) is 8.39. The van der Waals surface area contributed by atoms with Crippen LogP contribution >= 0.6 is 0 Å². The molecule has 10 heteroatoms. The maximum Gasteiger partial charge on any atom is 0.227 e. The van der Waals surface area contributed by atoms with Crippen molar-refractivity contribution in [1.82, 2.24) is 19.3 Å². The van der Waals surface area contributed by atoms with Crippen molar-refractivity contribution in [2.75, 3.05) is 35.3 Å². The molecule has 2 atom stereocenters. The van der Waals surface area contributed by atoms with Gasteiger partial charge in [-0.1, -0.05) is 0 Å². The first-order valence-corrected chi connectivity index (χ1v) is 12.3. The number of aromatic nitrogens is 3. The van der Waals surface area contributed by atoms with Gasteiger partial charge in [0.25, 0.3) is 0 Å². The van der Waals surface area contributed by atoms with Crippen LogP contribution in [-0.4, -0.2) is 59.1 Å². The molecule has 2 fully saturated rings. The molecule has 2 saturated heterocycles. The predicted molar refractivity (Wildman–Crippen MR) is 125 cm³/mol. The number of fused-ring (bicyclic) bond motifs is 2. The Bertz CT molecular complexity index is 1260. The Morgan fingerprint density at radius 1 is 1.09 bits per heavy atom. The van der Waals surface area contributed by atoms with Crippen LogP contribution in [0.1, 0.15) is 12.0 Å². The van der Waals surface area contributed by atoms with Crippen LogP contribution in [0.4, 0.5) is 23.1 Å². The summed E-state index contributed by atoms with van der Waals surface area (Å²) in [6.45, 7) is 3.36. The minimum atomic E-state index is -3.14. The number of piperazine rings is 1. The van der Waals surface area contributed by atoms with E-state index in [4.69, 9.17) is 5.73 Å². The number of nitrogen functional groups attached to an aromatic ring is 1. The lowest BCUT2D eigenvalue weighted by molar-refractivity contribution is 0.371. The molecular formula is C22H25N7O2S. The molecule has 2 aliphatic heterocycles. The van der Waals surface area contributed by atoms with E-state index >= 15 is 0 Å². The van der Waals surface area contributed by atoms with E-state index in [0.29, 0.717) is 18.3 Å². The summed E-state index contributed by atoms with van der Waals surface area (Å²) in [5.74, 6) is 0.961. The van der Waals surface area contributed by atoms with Gasteiger partial charge in [-0.05, 0) is 55.3 Å². The number of nitrogens with one attached hydrogen (secondary N) is 1. The number of sulfonamides is 1. The molecule has 0 radical (unpaired) electrons. The van der Waals surface area contributed by atoms with Crippen molar-refractivity contribution in [3.8, 4) is 11.3 Å². The first-order chi connectivity index (χ1) is 15.3. The highest BCUT2D eigenvalue weighted by molar-refractivity contribution is 7.88. The second-order valence-corrected chi connectivity index (χ2v) is 10.3. The number of aryl methyl sites for hydroxylation is 1. The van der Waals surface area contributed by atoms with Crippen LogP contribution < -0.4 is 16.0 Å². The van der Waals surface area contributed by atoms with Crippen molar-refractivity contribution in [1.29, 1.82) is 0 Å². The molecule has 0 aliphatic carbocycles. The van der Waals surface area contributed by atoms with Gasteiger partial charge in [-0.25, -0.2) is 23.4 Å². The van der Waals surface area contributed by atoms with Crippen LogP contribution in [0.2, 0.25) is 0 Å². The number of anilines is 4. The fraction of sp³-hybridized carbons (Fsp3) is 0.318. The van der Waals surface area contributed by atoms with Gasteiger partial charge < -0.3 is 16.0 Å². The second kappa shape index (κ2) is 7.72. The minimum absolute atomic E-state index is 0.0613. The van der Waals surface area contributed by atoms with E-state index in [1.165, 1.54) is 6.26 Å². The lowest BCUT2D eigenvalue weighted by Crippen LogP contribution is -2.48. The molecule has 3 N–H and O–H groups in total. The van der Waals surface area contributed by atoms with Crippen molar-refractivity contribution in [3.05, 3.63) is 54.4 Å². The van der Waals surface area contributed by atoms with Crippen LogP contribution in [0.5, 0.6) is 0 Å². The highest BCUT2D eigenvalue weighted by atomic mass is 32.2. The lowest BCUT2D eigenvalue weighted by atomic mass is 10.1. The summed E-state index contributed by atoms with van der Waals surface area (Å²) < 4.78 is 25.6. The SMILES string of the molecule is Cc1cc(Nc2nccc(-c3ccc(N)nc3)n2)ccc1N1CC2CC1CN2S(C)(=O)=O. The van der Waals surface area contributed by atoms with Gasteiger partial charge in [0.1, 0.15) is 5.82 Å². The summed E-state index contributed by atoms with van der Waals surface area (Å²) in [5.41, 5.74) is 10.4. The third-order valence-electron chi connectivity index (χ3n) is 6.12. The molecule has 5 rings (SSSR count). The van der Waals surface area contributed by atoms with Gasteiger partial charge in [-0.2, -0.15) is 4.31 Å². The topological polar surface area (TPSA) is 117 Å². The molecule has 1 aromatic carbocycles. The molecule has 2 unspecified atom stereocenters. The molecule has 9 nitrogen and oxygen atoms in total. The number of hydrogen-bond acceptors (Lipinski definition) is 8. The van der Waals surface area contributed by atoms with Gasteiger partial charge >= 0.3 is 0 Å². The highest BCUT2D eigenvalue weighted by Crippen LogP contribution is 2.38. The van der Waals surface area contributed by atoms with Crippen LogP contribution in [0.3, 0.4) is 0 Å². The molecule has 2 aromatic heterocycles. The summed E-state index contributed by atoms with van der Waals surface area (Å²) in [6, 6.07) is 11.9. The van der Waals surface area contributed by atoms with E-state index in [0.717, 1.165) is 41.2 Å². The smallest absolute Gasteiger partial charge is 0.227 e. The van der Waals surface area contributed by atoms with Gasteiger partial charge in [0.2, 0.25) is 16.0 Å². The summed E-state index contributed by atoms with van der Waals surface area (Å²) in [5, 5.41) is 3.27. The van der Waals surface area contributed by atoms with Crippen molar-refractivity contribution >= 4 is 33.2 Å². The van der Waals surface area contributed by atoms with E-state index in [1.54, 1.807) is 22.8 Å². The van der Waals surface area contributed by atoms with E-state index in [-0.39, 0.29) is 12.1 Å². The predicted octanol–water partition coefficient (Wildman–Crippen LogP) is 2.40. The zero-order valence-electron chi connectivity index (χ0n) is 17.9. The molecule has 166 valence electrons. The molecule has 32 heavy (non-hydrogen) atoms. The number of nitrogens with zero attached hydrogens (tertiary/aromatic N) is 5. The van der Waals surface area contributed by atoms with Gasteiger partial charge in [-0.3, -0.25) is 0 Å². The van der Waals surface area contributed by atoms with E-state index < -0.39 is 10.0 Å². The van der Waals surface area contributed by atoms with Gasteiger partial charge in [0, 0.05) is 54.5 Å². The van der Waals surface area contributed by atoms with Crippen LogP contribution in [0, 0.1) is 6.92 Å². The number of hydrogen-bond donors (Lipinski definition) is 2. The first kappa shape index (κ1) is 20.7. The van der Waals surface area contributed by atoms with Crippen LogP contribution in [0.15, 0.2) is 48.8 Å². The van der Waals surface area contributed by atoms with E-state index in [2.05, 4.69) is 44.2 Å². The van der Waals surface area contributed by atoms with Crippen LogP contribution in [0.25, 0.3) is 11.3 Å². The number of nitrogens with two attached hydrogens (primary N) is 1. The Morgan fingerprint density at radius 2 is 1.94 bits per heavy atom. The number of rotatable bonds is 5. The van der Waals surface area contributed by atoms with Crippen LogP contribution in [-0.2, 0) is 10.0 Å². The van der Waals surface area contributed by atoms with Crippen molar-refractivity contribution in [2.45, 2.75) is 25.4 Å². The summed E-state index contributed by atoms with van der Waals surface area (Å²) in [7, 11) is -3.14. The molecule has 3 aromatic rings. The van der Waals surface area contributed by atoms with Crippen molar-refractivity contribution in [3.63, 3.8) is 0 Å². The fourth-order valence-corrected chi connectivity index (χ4v) is 5.79. The third-order valence-corrected chi connectivity index (χ3v) is 7.42. The highest BCUT2D eigenvalue weighted by Gasteiger charge is 2.47. The maximum atomic E-state index is 12.0. The molecule has 4 heterocycles. The first-order valence-electron chi connectivity index (χ1n) is 10.4. The Morgan fingerprint density at radius 3 is 2.59 bits per heavy atom. The Labute approximate surface area is 187 Å². The average Bonchev–Trinajstić information content (AvgIpc) is 3.36. The molecule has 0 amide bonds. The standard InChI is InChI=1S/C22H25N7O2S/c1-14-9-16(26-22-24-8-7-19(27-22)15-3-6-21(23)25-11-15)4-5-20(14)28-12-18-10-17(28)13-29(18)32(2,30)31/h3-9,11,17-18H,10,12-13H2,1-2H3,(H2,23,25)(H,24,26,27). The van der Waals surface area contributed by atoms with Gasteiger partial charge in [0.05, 0.1) is 11.9 Å². The molecule has 2 bridgehead atoms. The van der Waals surface area contributed by atoms with Crippen molar-refractivity contribution in [2.24, 2.45) is 0 Å². The molecule has 0 spiro atoms. The van der Waals surface area contributed by atoms with Gasteiger partial charge in [0.15, 0.2) is 0 Å². The van der Waals surface area contributed by atoms with E-state index in [1.807, 2.05) is 18.2 Å². The summed E-state index contributed by atoms with van der Waals surface area (Å²) >= 11 is 0. The maximum absolute atomic E-state index is 12.0. The normalized spacial score (nSPS) is 20.6. The average molecular weight is 452 g/mol. The Hall–Kier alpha value is -3.24. The van der Waals surface area contributed by atoms with Crippen molar-refractivity contribution < 1.29 is 8.42 Å². The van der Waals surface area contributed by atoms with Gasteiger partial charge in [-0.15, -0.1) is 0 Å². The summed E-state index contributed by atoms with van der Waals surface area (Å²) in [4.78, 5) is 15.4. The zero-order valence-corrected chi connectivity index (χ0v) is 18.7. The fourth-order valence-electron chi connectivity index (χ4n) is 4.65. The lowest BCUT2D eigenvalue weighted by Gasteiger charge is -2.35. The monoisotopic (exact) mass is 451 g/mol. The minimum Gasteiger partial charge on any atom is -0.384 e. The quantitative estimate of drug-likeness (QED) is 0.607. The Balaban J connectivity index is 1.32.